The van der Waals surface area contributed by atoms with Crippen molar-refractivity contribution in [1.82, 2.24) is 0 Å². The molecule has 0 aliphatic carbocycles. The van der Waals surface area contributed by atoms with Crippen LogP contribution in [-0.4, -0.2) is 37.0 Å². The first-order chi connectivity index (χ1) is 7.36. The highest BCUT2D eigenvalue weighted by atomic mass is 16.7. The first kappa shape index (κ1) is 12.0. The predicted molar refractivity (Wildman–Crippen MR) is 58.9 cm³/mol. The lowest BCUT2D eigenvalue weighted by Gasteiger charge is -2.16. The van der Waals surface area contributed by atoms with Crippen LogP contribution in [-0.2, 0) is 18.9 Å². The first-order valence-electron chi connectivity index (χ1n) is 5.68. The van der Waals surface area contributed by atoms with E-state index in [1.54, 1.807) is 0 Å². The van der Waals surface area contributed by atoms with E-state index in [-0.39, 0.29) is 12.2 Å². The summed E-state index contributed by atoms with van der Waals surface area (Å²) in [6, 6.07) is 0. The van der Waals surface area contributed by atoms with E-state index in [2.05, 4.69) is 0 Å². The molecule has 0 amide bonds. The van der Waals surface area contributed by atoms with E-state index < -0.39 is 11.6 Å². The minimum atomic E-state index is -0.471. The Hall–Kier alpha value is -0.420. The molecule has 4 nitrogen and oxygen atoms in total. The Balaban J connectivity index is 1.82. The van der Waals surface area contributed by atoms with Crippen LogP contribution in [0.25, 0.3) is 0 Å². The summed E-state index contributed by atoms with van der Waals surface area (Å²) < 4.78 is 22.2. The average molecular weight is 228 g/mol. The van der Waals surface area contributed by atoms with E-state index >= 15 is 0 Å². The Morgan fingerprint density at radius 2 is 1.19 bits per heavy atom. The quantitative estimate of drug-likeness (QED) is 0.676. The lowest BCUT2D eigenvalue weighted by atomic mass is 10.2. The highest BCUT2D eigenvalue weighted by molar-refractivity contribution is 4.99. The summed E-state index contributed by atoms with van der Waals surface area (Å²) in [5.41, 5.74) is 0. The zero-order valence-electron chi connectivity index (χ0n) is 10.4. The summed E-state index contributed by atoms with van der Waals surface area (Å²) in [6.07, 6.45) is 4.01. The lowest BCUT2D eigenvalue weighted by Crippen LogP contribution is -2.21. The SMILES string of the molecule is CC1(C)OC[C@H](/C=C/[C@H]2COC(C)(C)O2)O1. The molecule has 2 fully saturated rings. The van der Waals surface area contributed by atoms with Crippen molar-refractivity contribution in [2.45, 2.75) is 51.5 Å². The first-order valence-corrected chi connectivity index (χ1v) is 5.68. The fraction of sp³-hybridized carbons (Fsp3) is 0.833. The number of ether oxygens (including phenoxy) is 4. The van der Waals surface area contributed by atoms with Gasteiger partial charge in [-0.3, -0.25) is 0 Å². The molecule has 2 saturated heterocycles. The molecule has 0 bridgehead atoms. The zero-order chi connectivity index (χ0) is 11.8. The van der Waals surface area contributed by atoms with Gasteiger partial charge in [-0.2, -0.15) is 0 Å². The van der Waals surface area contributed by atoms with Crippen LogP contribution >= 0.6 is 0 Å². The highest BCUT2D eigenvalue weighted by Gasteiger charge is 2.33. The van der Waals surface area contributed by atoms with Gasteiger partial charge in [-0.25, -0.2) is 0 Å². The largest absolute Gasteiger partial charge is 0.347 e. The van der Waals surface area contributed by atoms with Crippen LogP contribution in [0.3, 0.4) is 0 Å². The number of rotatable bonds is 2. The maximum atomic E-state index is 5.66. The Morgan fingerprint density at radius 3 is 1.44 bits per heavy atom. The summed E-state index contributed by atoms with van der Waals surface area (Å²) in [5, 5.41) is 0. The van der Waals surface area contributed by atoms with E-state index in [1.165, 1.54) is 0 Å². The van der Waals surface area contributed by atoms with Gasteiger partial charge in [-0.05, 0) is 27.7 Å². The van der Waals surface area contributed by atoms with Gasteiger partial charge < -0.3 is 18.9 Å². The van der Waals surface area contributed by atoms with Crippen LogP contribution in [0.15, 0.2) is 12.2 Å². The van der Waals surface area contributed by atoms with Gasteiger partial charge in [-0.15, -0.1) is 0 Å². The normalized spacial score (nSPS) is 37.2. The summed E-state index contributed by atoms with van der Waals surface area (Å²) in [6.45, 7) is 8.86. The maximum Gasteiger partial charge on any atom is 0.163 e. The molecule has 4 heteroatoms. The third kappa shape index (κ3) is 3.04. The van der Waals surface area contributed by atoms with Crippen LogP contribution in [0.2, 0.25) is 0 Å². The molecule has 2 heterocycles. The summed E-state index contributed by atoms with van der Waals surface area (Å²) in [4.78, 5) is 0. The average Bonchev–Trinajstić information content (AvgIpc) is 2.66. The van der Waals surface area contributed by atoms with Gasteiger partial charge in [-0.1, -0.05) is 12.2 Å². The monoisotopic (exact) mass is 228 g/mol. The summed E-state index contributed by atoms with van der Waals surface area (Å²) in [5.74, 6) is -0.942. The topological polar surface area (TPSA) is 36.9 Å². The molecule has 16 heavy (non-hydrogen) atoms. The van der Waals surface area contributed by atoms with E-state index in [9.17, 15) is 0 Å². The molecular formula is C12H20O4. The van der Waals surface area contributed by atoms with E-state index in [0.717, 1.165) is 0 Å². The molecule has 0 aromatic heterocycles. The highest BCUT2D eigenvalue weighted by Crippen LogP contribution is 2.25. The van der Waals surface area contributed by atoms with Gasteiger partial charge >= 0.3 is 0 Å². The lowest BCUT2D eigenvalue weighted by molar-refractivity contribution is -0.135. The Bertz CT molecular complexity index is 255. The van der Waals surface area contributed by atoms with Crippen molar-refractivity contribution in [3.63, 3.8) is 0 Å². The van der Waals surface area contributed by atoms with Crippen molar-refractivity contribution >= 4 is 0 Å². The Labute approximate surface area is 96.5 Å². The molecule has 2 rings (SSSR count). The second-order valence-electron chi connectivity index (χ2n) is 5.12. The minimum absolute atomic E-state index is 0.0160. The second-order valence-corrected chi connectivity index (χ2v) is 5.12. The molecule has 0 aromatic carbocycles. The maximum absolute atomic E-state index is 5.66. The van der Waals surface area contributed by atoms with Crippen LogP contribution in [0.4, 0.5) is 0 Å². The molecule has 92 valence electrons. The summed E-state index contributed by atoms with van der Waals surface area (Å²) >= 11 is 0. The van der Waals surface area contributed by atoms with Crippen molar-refractivity contribution in [2.75, 3.05) is 13.2 Å². The number of hydrogen-bond donors (Lipinski definition) is 0. The Kier molecular flexibility index (Phi) is 3.09. The Morgan fingerprint density at radius 1 is 0.812 bits per heavy atom. The van der Waals surface area contributed by atoms with Crippen LogP contribution in [0, 0.1) is 0 Å². The number of hydrogen-bond acceptors (Lipinski definition) is 4. The van der Waals surface area contributed by atoms with Crippen LogP contribution in [0.1, 0.15) is 27.7 Å². The predicted octanol–water partition coefficient (Wildman–Crippen LogP) is 1.85. The van der Waals surface area contributed by atoms with Crippen molar-refractivity contribution in [2.24, 2.45) is 0 Å². The molecular weight excluding hydrogens is 208 g/mol. The zero-order valence-corrected chi connectivity index (χ0v) is 10.4. The van der Waals surface area contributed by atoms with Crippen molar-refractivity contribution in [3.8, 4) is 0 Å². The molecule has 2 aliphatic rings. The standard InChI is InChI=1S/C12H20O4/c1-11(2)13-7-9(15-11)5-6-10-8-14-12(3,4)16-10/h5-6,9-10H,7-8H2,1-4H3/b6-5+/t9-,10-/m0/s1. The van der Waals surface area contributed by atoms with Gasteiger partial charge in [0, 0.05) is 0 Å². The van der Waals surface area contributed by atoms with Gasteiger partial charge in [0.25, 0.3) is 0 Å². The van der Waals surface area contributed by atoms with Crippen molar-refractivity contribution in [3.05, 3.63) is 12.2 Å². The smallest absolute Gasteiger partial charge is 0.163 e. The molecule has 0 saturated carbocycles. The van der Waals surface area contributed by atoms with E-state index in [0.29, 0.717) is 13.2 Å². The fourth-order valence-electron chi connectivity index (χ4n) is 1.87. The minimum Gasteiger partial charge on any atom is -0.347 e. The van der Waals surface area contributed by atoms with E-state index in [1.807, 2.05) is 39.8 Å². The van der Waals surface area contributed by atoms with Gasteiger partial charge in [0.1, 0.15) is 12.2 Å². The summed E-state index contributed by atoms with van der Waals surface area (Å²) in [7, 11) is 0. The third-order valence-electron chi connectivity index (χ3n) is 2.60. The molecule has 0 spiro atoms. The molecule has 0 radical (unpaired) electrons. The molecule has 0 N–H and O–H groups in total. The van der Waals surface area contributed by atoms with Crippen LogP contribution < -0.4 is 0 Å². The molecule has 0 aromatic rings. The van der Waals surface area contributed by atoms with Crippen molar-refractivity contribution < 1.29 is 18.9 Å². The van der Waals surface area contributed by atoms with Crippen molar-refractivity contribution in [1.29, 1.82) is 0 Å². The third-order valence-corrected chi connectivity index (χ3v) is 2.60. The van der Waals surface area contributed by atoms with Gasteiger partial charge in [0.05, 0.1) is 13.2 Å². The second kappa shape index (κ2) is 4.11. The van der Waals surface area contributed by atoms with E-state index in [4.69, 9.17) is 18.9 Å². The molecule has 2 aliphatic heterocycles. The molecule has 0 unspecified atom stereocenters. The van der Waals surface area contributed by atoms with Gasteiger partial charge in [0.2, 0.25) is 0 Å². The fourth-order valence-corrected chi connectivity index (χ4v) is 1.87. The van der Waals surface area contributed by atoms with Gasteiger partial charge in [0.15, 0.2) is 11.6 Å². The van der Waals surface area contributed by atoms with Crippen LogP contribution in [0.5, 0.6) is 0 Å². The molecule has 2 atom stereocenters.